The second-order valence-electron chi connectivity index (χ2n) is 6.45. The number of aliphatic carboxylic acids is 1. The van der Waals surface area contributed by atoms with Gasteiger partial charge in [0.25, 0.3) is 0 Å². The van der Waals surface area contributed by atoms with E-state index < -0.39 is 16.2 Å². The molecule has 0 atom stereocenters. The molecule has 2 heterocycles. The van der Waals surface area contributed by atoms with E-state index in [9.17, 15) is 9.90 Å². The molecule has 0 amide bonds. The fourth-order valence-electron chi connectivity index (χ4n) is 2.48. The minimum absolute atomic E-state index is 0. The summed E-state index contributed by atoms with van der Waals surface area (Å²) >= 11 is 0. The van der Waals surface area contributed by atoms with Crippen molar-refractivity contribution in [2.24, 2.45) is 0 Å². The molecule has 33 heavy (non-hydrogen) atoms. The summed E-state index contributed by atoms with van der Waals surface area (Å²) in [7, 11) is -4.94. The van der Waals surface area contributed by atoms with Gasteiger partial charge in [0, 0.05) is 0 Å². The summed E-state index contributed by atoms with van der Waals surface area (Å²) in [5.74, 6) is 0.689. The molecule has 3 N–H and O–H groups in total. The standard InChI is InChI=1S/C16H15N5.C4H6O2.ClHO4.Cu/c1-2-6-12-11(5-1)18-15(19-12)9-17-10-16-20-13-7-3-4-8-14(13)21-16;1-3(2)4(5)6;2-1(3,4)5;/h1-8,17H,9-10H2,(H,18,19)(H,20,21);1H2,2H3,(H,5,6);(H,2,3,4,5);/q;;;+2/p-2. The molecule has 13 heteroatoms. The first-order valence-electron chi connectivity index (χ1n) is 9.09. The van der Waals surface area contributed by atoms with Crippen molar-refractivity contribution >= 4 is 28.0 Å². The Labute approximate surface area is 201 Å². The number of halogens is 1. The first-order chi connectivity index (χ1) is 15.0. The van der Waals surface area contributed by atoms with E-state index in [0.717, 1.165) is 33.7 Å². The summed E-state index contributed by atoms with van der Waals surface area (Å²) in [6.07, 6.45) is 0. The van der Waals surface area contributed by atoms with Crippen LogP contribution in [0.4, 0.5) is 0 Å². The second-order valence-corrected chi connectivity index (χ2v) is 7.21. The van der Waals surface area contributed by atoms with E-state index in [2.05, 4.69) is 31.8 Å². The summed E-state index contributed by atoms with van der Waals surface area (Å²) in [4.78, 5) is 25.2. The number of carbonyl (C=O) groups excluding carboxylic acids is 1. The number of carbonyl (C=O) groups is 1. The fraction of sp³-hybridized carbons (Fsp3) is 0.150. The Morgan fingerprint density at radius 1 is 0.909 bits per heavy atom. The van der Waals surface area contributed by atoms with E-state index in [0.29, 0.717) is 13.1 Å². The van der Waals surface area contributed by atoms with E-state index in [1.165, 1.54) is 6.92 Å². The molecule has 11 nitrogen and oxygen atoms in total. The molecule has 4 rings (SSSR count). The van der Waals surface area contributed by atoms with Gasteiger partial charge in [-0.1, -0.05) is 30.8 Å². The van der Waals surface area contributed by atoms with Crippen LogP contribution in [0.15, 0.2) is 60.7 Å². The molecule has 0 aliphatic heterocycles. The number of nitrogens with zero attached hydrogens (tertiary/aromatic N) is 2. The number of carboxylic acid groups (broad SMARTS) is 1. The third-order valence-corrected chi connectivity index (χ3v) is 3.81. The van der Waals surface area contributed by atoms with Crippen molar-refractivity contribution in [3.63, 3.8) is 0 Å². The number of nitrogens with one attached hydrogen (secondary N) is 3. The van der Waals surface area contributed by atoms with Gasteiger partial charge < -0.3 is 25.2 Å². The van der Waals surface area contributed by atoms with Crippen molar-refractivity contribution in [3.05, 3.63) is 72.3 Å². The van der Waals surface area contributed by atoms with E-state index in [1.54, 1.807) is 0 Å². The van der Waals surface area contributed by atoms with Gasteiger partial charge in [-0.2, -0.15) is 0 Å². The molecular formula is C20H20ClCuN5O6. The third kappa shape index (κ3) is 10.6. The monoisotopic (exact) mass is 524 g/mol. The van der Waals surface area contributed by atoms with E-state index in [1.807, 2.05) is 48.5 Å². The number of hydrogen-bond acceptors (Lipinski definition) is 9. The van der Waals surface area contributed by atoms with Crippen molar-refractivity contribution in [2.75, 3.05) is 0 Å². The maximum absolute atomic E-state index is 9.49. The Kier molecular flexibility index (Phi) is 11.2. The first-order valence-corrected chi connectivity index (χ1v) is 10.3. The van der Waals surface area contributed by atoms with Crippen LogP contribution in [0.1, 0.15) is 18.6 Å². The minimum Gasteiger partial charge on any atom is -0.545 e. The predicted octanol–water partition coefficient (Wildman–Crippen LogP) is -2.72. The average molecular weight is 525 g/mol. The molecule has 0 aliphatic rings. The van der Waals surface area contributed by atoms with Crippen LogP contribution in [-0.2, 0) is 35.0 Å². The number of imidazole rings is 2. The predicted molar refractivity (Wildman–Crippen MR) is 103 cm³/mol. The smallest absolute Gasteiger partial charge is 0.545 e. The third-order valence-electron chi connectivity index (χ3n) is 3.81. The van der Waals surface area contributed by atoms with Crippen LogP contribution in [0.3, 0.4) is 0 Å². The topological polar surface area (TPSA) is 202 Å². The van der Waals surface area contributed by atoms with Gasteiger partial charge in [-0.15, -0.1) is 10.2 Å². The summed E-state index contributed by atoms with van der Waals surface area (Å²) in [6, 6.07) is 16.1. The van der Waals surface area contributed by atoms with Gasteiger partial charge in [0.2, 0.25) is 0 Å². The summed E-state index contributed by atoms with van der Waals surface area (Å²) in [5, 5.41) is 12.8. The number of hydrogen-bond donors (Lipinski definition) is 3. The van der Waals surface area contributed by atoms with Gasteiger partial charge in [0.15, 0.2) is 0 Å². The summed E-state index contributed by atoms with van der Waals surface area (Å²) in [5.41, 5.74) is 4.20. The molecule has 0 bridgehead atoms. The number of H-pyrrole nitrogens is 2. The maximum atomic E-state index is 9.49. The van der Waals surface area contributed by atoms with Gasteiger partial charge in [-0.3, -0.25) is 0 Å². The molecule has 1 radical (unpaired) electrons. The Morgan fingerprint density at radius 3 is 1.55 bits per heavy atom. The summed E-state index contributed by atoms with van der Waals surface area (Å²) < 4.78 is 34.0. The average Bonchev–Trinajstić information content (AvgIpc) is 3.30. The molecular weight excluding hydrogens is 505 g/mol. The molecule has 0 spiro atoms. The van der Waals surface area contributed by atoms with Gasteiger partial charge in [-0.05, 0) is 36.8 Å². The van der Waals surface area contributed by atoms with Gasteiger partial charge >= 0.3 is 17.1 Å². The van der Waals surface area contributed by atoms with Gasteiger partial charge in [-0.25, -0.2) is 28.6 Å². The normalized spacial score (nSPS) is 10.5. The largest absolute Gasteiger partial charge is 2.00 e. The molecule has 4 aromatic rings. The zero-order chi connectivity index (χ0) is 23.7. The number of aromatic nitrogens is 4. The number of para-hydroxylation sites is 4. The zero-order valence-electron chi connectivity index (χ0n) is 17.3. The Hall–Kier alpha value is -2.80. The van der Waals surface area contributed by atoms with Gasteiger partial charge in [0.05, 0.1) is 41.1 Å². The molecule has 179 valence electrons. The number of fused-ring (bicyclic) bond motifs is 2. The molecule has 0 aliphatic carbocycles. The minimum atomic E-state index is -4.94. The SMILES string of the molecule is C=C(C)C(=O)[O-].[Cu+2].[O-][Cl+3]([O-])([O-])[O-].c1ccc2[nH]c(CNCc3nc4ccccc4[nH]3)nc2c1. The van der Waals surface area contributed by atoms with E-state index in [-0.39, 0.29) is 22.6 Å². The zero-order valence-corrected chi connectivity index (χ0v) is 19.0. The number of carboxylic acids is 1. The van der Waals surface area contributed by atoms with Crippen LogP contribution in [0.25, 0.3) is 22.1 Å². The number of rotatable bonds is 5. The Balaban J connectivity index is 0.000000384. The number of benzene rings is 2. The van der Waals surface area contributed by atoms with Crippen LogP contribution in [0.5, 0.6) is 0 Å². The van der Waals surface area contributed by atoms with E-state index >= 15 is 0 Å². The quantitative estimate of drug-likeness (QED) is 0.183. The maximum Gasteiger partial charge on any atom is 2.00 e. The van der Waals surface area contributed by atoms with Crippen LogP contribution < -0.4 is 29.1 Å². The van der Waals surface area contributed by atoms with Gasteiger partial charge in [0.1, 0.15) is 11.6 Å². The fourth-order valence-corrected chi connectivity index (χ4v) is 2.48. The van der Waals surface area contributed by atoms with E-state index in [4.69, 9.17) is 18.6 Å². The van der Waals surface area contributed by atoms with Crippen LogP contribution in [0, 0.1) is 10.2 Å². The van der Waals surface area contributed by atoms with Crippen molar-refractivity contribution < 1.29 is 55.8 Å². The summed E-state index contributed by atoms with van der Waals surface area (Å²) in [6.45, 7) is 5.85. The van der Waals surface area contributed by atoms with Crippen molar-refractivity contribution in [2.45, 2.75) is 20.0 Å². The molecule has 2 aromatic carbocycles. The molecule has 2 aromatic heterocycles. The van der Waals surface area contributed by atoms with Crippen LogP contribution in [-0.4, -0.2) is 25.9 Å². The molecule has 0 fully saturated rings. The van der Waals surface area contributed by atoms with Crippen molar-refractivity contribution in [3.8, 4) is 0 Å². The van der Waals surface area contributed by atoms with Crippen molar-refractivity contribution in [1.82, 2.24) is 25.3 Å². The first kappa shape index (κ1) is 28.2. The Morgan fingerprint density at radius 2 is 1.24 bits per heavy atom. The molecule has 0 unspecified atom stereocenters. The van der Waals surface area contributed by atoms with Crippen molar-refractivity contribution in [1.29, 1.82) is 0 Å². The van der Waals surface area contributed by atoms with Crippen LogP contribution in [0.2, 0.25) is 0 Å². The molecule has 0 saturated carbocycles. The number of aromatic amines is 2. The Bertz CT molecular complexity index is 1030. The molecule has 0 saturated heterocycles. The second kappa shape index (κ2) is 13.0. The van der Waals surface area contributed by atoms with Crippen LogP contribution >= 0.6 is 0 Å².